The number of alkyl halides is 3. The number of rotatable bonds is 3. The minimum Gasteiger partial charge on any atom is -0.481 e. The summed E-state index contributed by atoms with van der Waals surface area (Å²) in [6.07, 6.45) is -4.62. The molecule has 2 nitrogen and oxygen atoms in total. The molecule has 16 heavy (non-hydrogen) atoms. The molecule has 1 aromatic rings. The van der Waals surface area contributed by atoms with E-state index < -0.39 is 23.6 Å². The third-order valence-electron chi connectivity index (χ3n) is 2.19. The van der Waals surface area contributed by atoms with Gasteiger partial charge in [-0.2, -0.15) is 13.2 Å². The maximum atomic E-state index is 12.4. The molecule has 0 heterocycles. The molecule has 0 aliphatic heterocycles. The van der Waals surface area contributed by atoms with Gasteiger partial charge in [0.1, 0.15) is 0 Å². The first-order valence-corrected chi connectivity index (χ1v) is 4.60. The summed E-state index contributed by atoms with van der Waals surface area (Å²) in [5.74, 6) is -1.50. The Morgan fingerprint density at radius 3 is 2.62 bits per heavy atom. The fraction of sp³-hybridized carbons (Fsp3) is 0.364. The number of carboxylic acids is 1. The van der Waals surface area contributed by atoms with Crippen LogP contribution in [0.1, 0.15) is 30.4 Å². The number of aliphatic carboxylic acids is 1. The summed E-state index contributed by atoms with van der Waals surface area (Å²) < 4.78 is 37.1. The van der Waals surface area contributed by atoms with Gasteiger partial charge in [-0.05, 0) is 29.7 Å². The van der Waals surface area contributed by atoms with E-state index in [-0.39, 0.29) is 6.42 Å². The molecule has 0 saturated carbocycles. The third kappa shape index (κ3) is 3.25. The van der Waals surface area contributed by atoms with Crippen molar-refractivity contribution in [1.82, 2.24) is 0 Å². The molecule has 1 unspecified atom stereocenters. The van der Waals surface area contributed by atoms with E-state index in [1.807, 2.05) is 0 Å². The van der Waals surface area contributed by atoms with Crippen LogP contribution in [0.5, 0.6) is 0 Å². The number of benzene rings is 1. The Morgan fingerprint density at radius 1 is 1.50 bits per heavy atom. The van der Waals surface area contributed by atoms with Crippen molar-refractivity contribution in [2.24, 2.45) is 0 Å². The van der Waals surface area contributed by atoms with Gasteiger partial charge in [-0.1, -0.05) is 13.0 Å². The first-order chi connectivity index (χ1) is 7.30. The molecule has 0 saturated heterocycles. The fourth-order valence-electron chi connectivity index (χ4n) is 1.32. The van der Waals surface area contributed by atoms with E-state index in [2.05, 4.69) is 6.07 Å². The van der Waals surface area contributed by atoms with Gasteiger partial charge in [0.05, 0.1) is 12.0 Å². The van der Waals surface area contributed by atoms with Crippen LogP contribution in [-0.4, -0.2) is 11.1 Å². The van der Waals surface area contributed by atoms with Crippen LogP contribution in [0, 0.1) is 6.07 Å². The van der Waals surface area contributed by atoms with Crippen molar-refractivity contribution >= 4 is 5.97 Å². The predicted molar refractivity (Wildman–Crippen MR) is 50.9 cm³/mol. The molecule has 1 aromatic carbocycles. The van der Waals surface area contributed by atoms with E-state index in [1.165, 1.54) is 6.07 Å². The Balaban J connectivity index is 2.94. The highest BCUT2D eigenvalue weighted by molar-refractivity contribution is 5.67. The number of halogens is 3. The predicted octanol–water partition coefficient (Wildman–Crippen LogP) is 3.08. The molecule has 0 aromatic heterocycles. The zero-order valence-electron chi connectivity index (χ0n) is 8.51. The third-order valence-corrected chi connectivity index (χ3v) is 2.19. The molecule has 0 aliphatic carbocycles. The van der Waals surface area contributed by atoms with Crippen LogP contribution >= 0.6 is 0 Å². The highest BCUT2D eigenvalue weighted by Gasteiger charge is 2.30. The molecule has 0 fully saturated rings. The molecule has 87 valence electrons. The van der Waals surface area contributed by atoms with Crippen LogP contribution in [0.15, 0.2) is 18.2 Å². The normalized spacial score (nSPS) is 13.5. The number of hydrogen-bond donors (Lipinski definition) is 1. The summed E-state index contributed by atoms with van der Waals surface area (Å²) in [6.45, 7) is 1.57. The average Bonchev–Trinajstić information content (AvgIpc) is 2.15. The Kier molecular flexibility index (Phi) is 3.57. The maximum Gasteiger partial charge on any atom is 0.416 e. The topological polar surface area (TPSA) is 37.3 Å². The summed E-state index contributed by atoms with van der Waals surface area (Å²) >= 11 is 0. The first kappa shape index (κ1) is 12.5. The van der Waals surface area contributed by atoms with Crippen LogP contribution in [-0.2, 0) is 11.0 Å². The molecular formula is C11H10F3O2. The van der Waals surface area contributed by atoms with Gasteiger partial charge in [0.2, 0.25) is 0 Å². The van der Waals surface area contributed by atoms with Gasteiger partial charge in [-0.15, -0.1) is 0 Å². The molecule has 5 heteroatoms. The molecular weight excluding hydrogens is 221 g/mol. The van der Waals surface area contributed by atoms with Gasteiger partial charge < -0.3 is 5.11 Å². The van der Waals surface area contributed by atoms with Gasteiger partial charge >= 0.3 is 12.1 Å². The Labute approximate surface area is 90.7 Å². The van der Waals surface area contributed by atoms with Crippen molar-refractivity contribution in [3.05, 3.63) is 35.4 Å². The lowest BCUT2D eigenvalue weighted by Crippen LogP contribution is -2.08. The molecule has 0 amide bonds. The Hall–Kier alpha value is -1.52. The minimum atomic E-state index is -4.42. The summed E-state index contributed by atoms with van der Waals surface area (Å²) in [4.78, 5) is 10.4. The van der Waals surface area contributed by atoms with Crippen molar-refractivity contribution in [2.75, 3.05) is 0 Å². The Morgan fingerprint density at radius 2 is 2.12 bits per heavy atom. The second-order valence-corrected chi connectivity index (χ2v) is 3.55. The average molecular weight is 231 g/mol. The van der Waals surface area contributed by atoms with Crippen LogP contribution in [0.2, 0.25) is 0 Å². The lowest BCUT2D eigenvalue weighted by Gasteiger charge is -2.12. The lowest BCUT2D eigenvalue weighted by molar-refractivity contribution is -0.138. The van der Waals surface area contributed by atoms with Gasteiger partial charge in [-0.25, -0.2) is 0 Å². The first-order valence-electron chi connectivity index (χ1n) is 4.60. The van der Waals surface area contributed by atoms with E-state index in [4.69, 9.17) is 5.11 Å². The molecule has 0 spiro atoms. The number of hydrogen-bond acceptors (Lipinski definition) is 1. The molecule has 0 aliphatic rings. The second kappa shape index (κ2) is 4.55. The van der Waals surface area contributed by atoms with Gasteiger partial charge in [-0.3, -0.25) is 4.79 Å². The molecule has 1 radical (unpaired) electrons. The Bertz CT molecular complexity index is 385. The van der Waals surface area contributed by atoms with Gasteiger partial charge in [0, 0.05) is 0 Å². The number of carbonyl (C=O) groups is 1. The van der Waals surface area contributed by atoms with Crippen LogP contribution in [0.3, 0.4) is 0 Å². The van der Waals surface area contributed by atoms with E-state index in [0.717, 1.165) is 12.1 Å². The molecule has 1 N–H and O–H groups in total. The second-order valence-electron chi connectivity index (χ2n) is 3.55. The van der Waals surface area contributed by atoms with E-state index in [0.29, 0.717) is 5.56 Å². The van der Waals surface area contributed by atoms with E-state index in [9.17, 15) is 18.0 Å². The van der Waals surface area contributed by atoms with E-state index in [1.54, 1.807) is 6.92 Å². The summed E-state index contributed by atoms with van der Waals surface area (Å²) in [7, 11) is 0. The quantitative estimate of drug-likeness (QED) is 0.867. The van der Waals surface area contributed by atoms with Gasteiger partial charge in [0.25, 0.3) is 0 Å². The van der Waals surface area contributed by atoms with Crippen molar-refractivity contribution in [3.8, 4) is 0 Å². The monoisotopic (exact) mass is 231 g/mol. The molecule has 1 atom stereocenters. The van der Waals surface area contributed by atoms with Crippen molar-refractivity contribution < 1.29 is 23.1 Å². The highest BCUT2D eigenvalue weighted by Crippen LogP contribution is 2.31. The fourth-order valence-corrected chi connectivity index (χ4v) is 1.32. The SMILES string of the molecule is CC(CC(=O)O)c1c[c]cc(C(F)(F)F)c1. The summed E-state index contributed by atoms with van der Waals surface area (Å²) in [5, 5.41) is 8.54. The summed E-state index contributed by atoms with van der Waals surface area (Å²) in [5.41, 5.74) is -0.473. The standard InChI is InChI=1S/C11H10F3O2/c1-7(5-10(15)16)8-3-2-4-9(6-8)11(12,13)14/h3-4,6-7H,5H2,1H3,(H,15,16). The number of carboxylic acid groups (broad SMARTS) is 1. The zero-order valence-corrected chi connectivity index (χ0v) is 8.51. The van der Waals surface area contributed by atoms with Gasteiger partial charge in [0.15, 0.2) is 0 Å². The molecule has 0 bridgehead atoms. The summed E-state index contributed by atoms with van der Waals surface area (Å²) in [6, 6.07) is 5.56. The smallest absolute Gasteiger partial charge is 0.416 e. The van der Waals surface area contributed by atoms with Crippen LogP contribution in [0.4, 0.5) is 13.2 Å². The van der Waals surface area contributed by atoms with Crippen LogP contribution in [0.25, 0.3) is 0 Å². The van der Waals surface area contributed by atoms with E-state index >= 15 is 0 Å². The zero-order chi connectivity index (χ0) is 12.3. The van der Waals surface area contributed by atoms with Crippen molar-refractivity contribution in [1.29, 1.82) is 0 Å². The van der Waals surface area contributed by atoms with Crippen LogP contribution < -0.4 is 0 Å². The molecule has 1 rings (SSSR count). The highest BCUT2D eigenvalue weighted by atomic mass is 19.4. The van der Waals surface area contributed by atoms with Crippen molar-refractivity contribution in [3.63, 3.8) is 0 Å². The minimum absolute atomic E-state index is 0.199. The largest absolute Gasteiger partial charge is 0.481 e. The van der Waals surface area contributed by atoms with Crippen molar-refractivity contribution in [2.45, 2.75) is 25.4 Å². The lowest BCUT2D eigenvalue weighted by atomic mass is 9.96. The maximum absolute atomic E-state index is 12.4.